The van der Waals surface area contributed by atoms with E-state index in [9.17, 15) is 4.79 Å². The van der Waals surface area contributed by atoms with Gasteiger partial charge in [-0.15, -0.1) is 0 Å². The maximum absolute atomic E-state index is 11.4. The van der Waals surface area contributed by atoms with Gasteiger partial charge in [-0.05, 0) is 24.5 Å². The van der Waals surface area contributed by atoms with E-state index >= 15 is 0 Å². The Hall–Kier alpha value is -2.43. The Balaban J connectivity index is 2.30. The molecule has 0 bridgehead atoms. The van der Waals surface area contributed by atoms with Gasteiger partial charge in [0.2, 0.25) is 5.91 Å². The van der Waals surface area contributed by atoms with Crippen LogP contribution in [0.3, 0.4) is 0 Å². The lowest BCUT2D eigenvalue weighted by atomic mass is 10.1. The Morgan fingerprint density at radius 3 is 2.82 bits per heavy atom. The van der Waals surface area contributed by atoms with Crippen LogP contribution in [0, 0.1) is 12.8 Å². The average Bonchev–Trinajstić information content (AvgIpc) is 2.74. The van der Waals surface area contributed by atoms with Crippen molar-refractivity contribution in [3.05, 3.63) is 29.8 Å². The molecule has 5 nitrogen and oxygen atoms in total. The van der Waals surface area contributed by atoms with Crippen molar-refractivity contribution in [2.75, 3.05) is 5.32 Å². The predicted molar refractivity (Wildman–Crippen MR) is 88.9 cm³/mol. The first kappa shape index (κ1) is 14.5. The highest BCUT2D eigenvalue weighted by molar-refractivity contribution is 6.02. The van der Waals surface area contributed by atoms with Gasteiger partial charge in [-0.25, -0.2) is 9.67 Å². The number of anilines is 1. The monoisotopic (exact) mass is 296 g/mol. The number of para-hydroxylation sites is 1. The summed E-state index contributed by atoms with van der Waals surface area (Å²) in [6, 6.07) is 8.16. The van der Waals surface area contributed by atoms with E-state index in [1.165, 1.54) is 6.92 Å². The fraction of sp³-hybridized carbons (Fsp3) is 0.353. The molecule has 22 heavy (non-hydrogen) atoms. The molecule has 0 unspecified atom stereocenters. The van der Waals surface area contributed by atoms with Crippen molar-refractivity contribution in [2.24, 2.45) is 5.92 Å². The second-order valence-electron chi connectivity index (χ2n) is 6.11. The van der Waals surface area contributed by atoms with Gasteiger partial charge in [-0.1, -0.05) is 32.0 Å². The summed E-state index contributed by atoms with van der Waals surface area (Å²) in [6.07, 6.45) is 0. The van der Waals surface area contributed by atoms with E-state index in [0.717, 1.165) is 34.0 Å². The van der Waals surface area contributed by atoms with Crippen LogP contribution in [0.25, 0.3) is 21.9 Å². The topological polar surface area (TPSA) is 59.8 Å². The molecule has 3 rings (SSSR count). The van der Waals surface area contributed by atoms with E-state index in [2.05, 4.69) is 43.3 Å². The molecule has 5 heteroatoms. The van der Waals surface area contributed by atoms with Crippen molar-refractivity contribution >= 4 is 33.7 Å². The molecule has 3 aromatic rings. The lowest BCUT2D eigenvalue weighted by Crippen LogP contribution is -2.09. The molecule has 0 spiro atoms. The molecule has 0 fully saturated rings. The number of carbonyl (C=O) groups excluding carboxylic acids is 1. The number of rotatable bonds is 3. The molecule has 1 N–H and O–H groups in total. The quantitative estimate of drug-likeness (QED) is 0.804. The van der Waals surface area contributed by atoms with Crippen LogP contribution in [-0.4, -0.2) is 20.7 Å². The Morgan fingerprint density at radius 2 is 2.14 bits per heavy atom. The number of hydrogen-bond acceptors (Lipinski definition) is 3. The molecule has 0 aliphatic rings. The minimum Gasteiger partial charge on any atom is -0.309 e. The zero-order valence-corrected chi connectivity index (χ0v) is 13.3. The van der Waals surface area contributed by atoms with E-state index in [4.69, 9.17) is 4.98 Å². The van der Waals surface area contributed by atoms with Gasteiger partial charge in [0.1, 0.15) is 0 Å². The minimum absolute atomic E-state index is 0.125. The summed E-state index contributed by atoms with van der Waals surface area (Å²) >= 11 is 0. The van der Waals surface area contributed by atoms with E-state index in [1.54, 1.807) is 0 Å². The molecule has 0 aliphatic heterocycles. The van der Waals surface area contributed by atoms with Crippen LogP contribution in [-0.2, 0) is 11.3 Å². The summed E-state index contributed by atoms with van der Waals surface area (Å²) in [6.45, 7) is 8.58. The third kappa shape index (κ3) is 2.54. The number of nitrogens with one attached hydrogen (secondary N) is 1. The molecule has 1 aromatic carbocycles. The number of amides is 1. The third-order valence-electron chi connectivity index (χ3n) is 3.58. The number of pyridine rings is 1. The second-order valence-corrected chi connectivity index (χ2v) is 6.11. The van der Waals surface area contributed by atoms with Crippen LogP contribution in [0.1, 0.15) is 26.3 Å². The number of hydrogen-bond donors (Lipinski definition) is 1. The molecule has 0 radical (unpaired) electrons. The van der Waals surface area contributed by atoms with Gasteiger partial charge in [0.25, 0.3) is 0 Å². The van der Waals surface area contributed by atoms with E-state index in [0.29, 0.717) is 11.7 Å². The standard InChI is InChI=1S/C17H20N4O/c1-10(2)9-21-17-14(16(20-21)18-12(4)22)8-13-7-5-6-11(3)15(13)19-17/h5-8,10H,9H2,1-4H3,(H,18,20,22). The van der Waals surface area contributed by atoms with Gasteiger partial charge in [0, 0.05) is 18.9 Å². The molecule has 114 valence electrons. The molecule has 2 heterocycles. The largest absolute Gasteiger partial charge is 0.309 e. The first-order chi connectivity index (χ1) is 10.5. The van der Waals surface area contributed by atoms with Gasteiger partial charge < -0.3 is 5.32 Å². The van der Waals surface area contributed by atoms with Crippen molar-refractivity contribution in [1.82, 2.24) is 14.8 Å². The molecule has 0 atom stereocenters. The zero-order chi connectivity index (χ0) is 15.9. The maximum Gasteiger partial charge on any atom is 0.222 e. The first-order valence-electron chi connectivity index (χ1n) is 7.50. The molecular formula is C17H20N4O. The summed E-state index contributed by atoms with van der Waals surface area (Å²) in [5.74, 6) is 0.905. The van der Waals surface area contributed by atoms with Crippen molar-refractivity contribution in [1.29, 1.82) is 0 Å². The lowest BCUT2D eigenvalue weighted by Gasteiger charge is -2.06. The number of fused-ring (bicyclic) bond motifs is 2. The Morgan fingerprint density at radius 1 is 1.36 bits per heavy atom. The van der Waals surface area contributed by atoms with Gasteiger partial charge in [0.05, 0.1) is 10.9 Å². The fourth-order valence-corrected chi connectivity index (χ4v) is 2.66. The fourth-order valence-electron chi connectivity index (χ4n) is 2.66. The number of aryl methyl sites for hydroxylation is 1. The van der Waals surface area contributed by atoms with Crippen molar-refractivity contribution < 1.29 is 4.79 Å². The predicted octanol–water partition coefficient (Wildman–Crippen LogP) is 3.51. The number of aromatic nitrogens is 3. The molecule has 0 saturated heterocycles. The van der Waals surface area contributed by atoms with Gasteiger partial charge in [-0.3, -0.25) is 4.79 Å². The van der Waals surface area contributed by atoms with Crippen LogP contribution in [0.4, 0.5) is 5.82 Å². The number of benzene rings is 1. The van der Waals surface area contributed by atoms with Crippen LogP contribution in [0.2, 0.25) is 0 Å². The minimum atomic E-state index is -0.125. The van der Waals surface area contributed by atoms with E-state index in [1.807, 2.05) is 16.8 Å². The summed E-state index contributed by atoms with van der Waals surface area (Å²) in [5, 5.41) is 9.30. The highest BCUT2D eigenvalue weighted by Gasteiger charge is 2.15. The van der Waals surface area contributed by atoms with Crippen LogP contribution >= 0.6 is 0 Å². The van der Waals surface area contributed by atoms with Crippen LogP contribution in [0.5, 0.6) is 0 Å². The summed E-state index contributed by atoms with van der Waals surface area (Å²) in [5.41, 5.74) is 2.94. The van der Waals surface area contributed by atoms with Crippen LogP contribution < -0.4 is 5.32 Å². The molecule has 0 aliphatic carbocycles. The zero-order valence-electron chi connectivity index (χ0n) is 13.3. The Kier molecular flexibility index (Phi) is 3.56. The highest BCUT2D eigenvalue weighted by atomic mass is 16.1. The summed E-state index contributed by atoms with van der Waals surface area (Å²) < 4.78 is 1.89. The Labute approximate surface area is 129 Å². The third-order valence-corrected chi connectivity index (χ3v) is 3.58. The average molecular weight is 296 g/mol. The Bertz CT molecular complexity index is 864. The van der Waals surface area contributed by atoms with Crippen LogP contribution in [0.15, 0.2) is 24.3 Å². The first-order valence-corrected chi connectivity index (χ1v) is 7.50. The van der Waals surface area contributed by atoms with Gasteiger partial charge in [-0.2, -0.15) is 5.10 Å². The molecule has 1 amide bonds. The molecular weight excluding hydrogens is 276 g/mol. The van der Waals surface area contributed by atoms with Gasteiger partial charge >= 0.3 is 0 Å². The van der Waals surface area contributed by atoms with Gasteiger partial charge in [0.15, 0.2) is 11.5 Å². The number of nitrogens with zero attached hydrogens (tertiary/aromatic N) is 3. The smallest absolute Gasteiger partial charge is 0.222 e. The van der Waals surface area contributed by atoms with E-state index < -0.39 is 0 Å². The van der Waals surface area contributed by atoms with Crippen molar-refractivity contribution in [3.63, 3.8) is 0 Å². The SMILES string of the molecule is CC(=O)Nc1nn(CC(C)C)c2nc3c(C)cccc3cc12. The van der Waals surface area contributed by atoms with Crippen molar-refractivity contribution in [3.8, 4) is 0 Å². The van der Waals surface area contributed by atoms with Crippen molar-refractivity contribution in [2.45, 2.75) is 34.2 Å². The summed E-state index contributed by atoms with van der Waals surface area (Å²) in [4.78, 5) is 16.2. The highest BCUT2D eigenvalue weighted by Crippen LogP contribution is 2.27. The van der Waals surface area contributed by atoms with E-state index in [-0.39, 0.29) is 5.91 Å². The second kappa shape index (κ2) is 5.40. The summed E-state index contributed by atoms with van der Waals surface area (Å²) in [7, 11) is 0. The molecule has 2 aromatic heterocycles. The maximum atomic E-state index is 11.4. The lowest BCUT2D eigenvalue weighted by molar-refractivity contribution is -0.114. The normalized spacial score (nSPS) is 11.5. The molecule has 0 saturated carbocycles. The number of carbonyl (C=O) groups is 1.